The van der Waals surface area contributed by atoms with E-state index in [2.05, 4.69) is 27.9 Å². The summed E-state index contributed by atoms with van der Waals surface area (Å²) in [4.78, 5) is 17.1. The third-order valence-corrected chi connectivity index (χ3v) is 5.10. The first kappa shape index (κ1) is 28.5. The number of nitrogens with zero attached hydrogens (tertiary/aromatic N) is 1. The second-order valence-electron chi connectivity index (χ2n) is 7.54. The summed E-state index contributed by atoms with van der Waals surface area (Å²) < 4.78 is 10.7. The van der Waals surface area contributed by atoms with Crippen LogP contribution < -0.4 is 25.4 Å². The molecular formula is C25H37IN4O3. The van der Waals surface area contributed by atoms with Gasteiger partial charge in [0.15, 0.2) is 17.5 Å². The third-order valence-electron chi connectivity index (χ3n) is 5.10. The molecule has 2 aromatic rings. The Morgan fingerprint density at radius 2 is 1.76 bits per heavy atom. The van der Waals surface area contributed by atoms with Gasteiger partial charge in [-0.1, -0.05) is 25.1 Å². The van der Waals surface area contributed by atoms with Gasteiger partial charge in [0.05, 0.1) is 20.8 Å². The molecule has 0 aliphatic carbocycles. The molecule has 0 saturated heterocycles. The van der Waals surface area contributed by atoms with Crippen LogP contribution in [-0.4, -0.2) is 45.2 Å². The average molecular weight is 569 g/mol. The summed E-state index contributed by atoms with van der Waals surface area (Å²) in [6.45, 7) is 8.05. The third kappa shape index (κ3) is 9.49. The molecule has 1 amide bonds. The summed E-state index contributed by atoms with van der Waals surface area (Å²) in [6.07, 6.45) is 1.72. The van der Waals surface area contributed by atoms with E-state index < -0.39 is 0 Å². The van der Waals surface area contributed by atoms with E-state index in [1.165, 1.54) is 0 Å². The topological polar surface area (TPSA) is 84.0 Å². The predicted octanol–water partition coefficient (Wildman–Crippen LogP) is 4.15. The number of carbonyl (C=O) groups excluding carboxylic acids is 1. The Kier molecular flexibility index (Phi) is 13.3. The average Bonchev–Trinajstić information content (AvgIpc) is 2.82. The van der Waals surface area contributed by atoms with Crippen LogP contribution in [0.4, 0.5) is 0 Å². The van der Waals surface area contributed by atoms with Crippen molar-refractivity contribution in [3.63, 3.8) is 0 Å². The van der Waals surface area contributed by atoms with Gasteiger partial charge in [-0.2, -0.15) is 0 Å². The van der Waals surface area contributed by atoms with E-state index in [-0.39, 0.29) is 35.9 Å². The molecule has 33 heavy (non-hydrogen) atoms. The van der Waals surface area contributed by atoms with E-state index >= 15 is 0 Å². The Balaban J connectivity index is 0.00000544. The van der Waals surface area contributed by atoms with Crippen LogP contribution in [0.5, 0.6) is 11.5 Å². The fourth-order valence-corrected chi connectivity index (χ4v) is 3.09. The van der Waals surface area contributed by atoms with Gasteiger partial charge in [-0.25, -0.2) is 4.99 Å². The first-order valence-corrected chi connectivity index (χ1v) is 11.1. The number of aliphatic imine (C=N–C) groups is 1. The highest BCUT2D eigenvalue weighted by molar-refractivity contribution is 14.0. The standard InChI is InChI=1S/C25H36N4O3.HI/c1-6-18(3)29-24(30)21-10-8-9-20(15-21)17-28-25(26-7-2)27-14-13-19-11-12-22(31-4)23(16-19)32-5;/h8-12,15-16,18H,6-7,13-14,17H2,1-5H3,(H,29,30)(H2,26,27,28);1H. The Morgan fingerprint density at radius 1 is 1.00 bits per heavy atom. The molecule has 0 fully saturated rings. The number of guanidine groups is 1. The minimum Gasteiger partial charge on any atom is -0.493 e. The Bertz CT molecular complexity index is 905. The van der Waals surface area contributed by atoms with Gasteiger partial charge < -0.3 is 25.4 Å². The first-order chi connectivity index (χ1) is 15.5. The van der Waals surface area contributed by atoms with Crippen molar-refractivity contribution in [2.45, 2.75) is 46.2 Å². The SMILES string of the molecule is CCNC(=NCc1cccc(C(=O)NC(C)CC)c1)NCCc1ccc(OC)c(OC)c1.I. The van der Waals surface area contributed by atoms with Crippen molar-refractivity contribution in [2.24, 2.45) is 4.99 Å². The smallest absolute Gasteiger partial charge is 0.251 e. The van der Waals surface area contributed by atoms with Crippen LogP contribution in [0.3, 0.4) is 0 Å². The summed E-state index contributed by atoms with van der Waals surface area (Å²) >= 11 is 0. The summed E-state index contributed by atoms with van der Waals surface area (Å²) in [5.74, 6) is 2.13. The van der Waals surface area contributed by atoms with Gasteiger partial charge in [-0.15, -0.1) is 24.0 Å². The van der Waals surface area contributed by atoms with Gasteiger partial charge >= 0.3 is 0 Å². The van der Waals surface area contributed by atoms with Crippen molar-refractivity contribution in [1.29, 1.82) is 0 Å². The molecule has 1 unspecified atom stereocenters. The van der Waals surface area contributed by atoms with Crippen molar-refractivity contribution >= 4 is 35.8 Å². The monoisotopic (exact) mass is 568 g/mol. The molecule has 0 bridgehead atoms. The molecule has 0 spiro atoms. The minimum absolute atomic E-state index is 0. The fourth-order valence-electron chi connectivity index (χ4n) is 3.09. The van der Waals surface area contributed by atoms with Crippen LogP contribution in [0.25, 0.3) is 0 Å². The lowest BCUT2D eigenvalue weighted by atomic mass is 10.1. The summed E-state index contributed by atoms with van der Waals surface area (Å²) in [6, 6.07) is 13.7. The van der Waals surface area contributed by atoms with Gasteiger partial charge in [-0.3, -0.25) is 4.79 Å². The number of carbonyl (C=O) groups is 1. The molecule has 8 heteroatoms. The molecule has 0 saturated carbocycles. The van der Waals surface area contributed by atoms with E-state index in [1.54, 1.807) is 14.2 Å². The molecular weight excluding hydrogens is 531 g/mol. The highest BCUT2D eigenvalue weighted by atomic mass is 127. The zero-order valence-corrected chi connectivity index (χ0v) is 22.6. The maximum atomic E-state index is 12.4. The van der Waals surface area contributed by atoms with E-state index in [4.69, 9.17) is 9.47 Å². The van der Waals surface area contributed by atoms with Gasteiger partial charge in [0.2, 0.25) is 0 Å². The number of nitrogens with one attached hydrogen (secondary N) is 3. The number of benzene rings is 2. The second-order valence-corrected chi connectivity index (χ2v) is 7.54. The Morgan fingerprint density at radius 3 is 2.42 bits per heavy atom. The molecule has 0 aliphatic heterocycles. The number of hydrogen-bond donors (Lipinski definition) is 3. The zero-order valence-electron chi connectivity index (χ0n) is 20.2. The van der Waals surface area contributed by atoms with E-state index in [1.807, 2.05) is 56.3 Å². The van der Waals surface area contributed by atoms with Gasteiger partial charge in [0, 0.05) is 24.7 Å². The largest absolute Gasteiger partial charge is 0.493 e. The van der Waals surface area contributed by atoms with E-state index in [0.29, 0.717) is 12.1 Å². The molecule has 0 aromatic heterocycles. The molecule has 182 valence electrons. The van der Waals surface area contributed by atoms with Crippen LogP contribution in [0.15, 0.2) is 47.5 Å². The lowest BCUT2D eigenvalue weighted by molar-refractivity contribution is 0.0939. The number of methoxy groups -OCH3 is 2. The Hall–Kier alpha value is -2.49. The molecule has 0 aliphatic rings. The number of amides is 1. The predicted molar refractivity (Wildman–Crippen MR) is 145 cm³/mol. The summed E-state index contributed by atoms with van der Waals surface area (Å²) in [7, 11) is 3.27. The van der Waals surface area contributed by atoms with Crippen LogP contribution in [0.2, 0.25) is 0 Å². The number of ether oxygens (including phenoxy) is 2. The van der Waals surface area contributed by atoms with Crippen molar-refractivity contribution in [3.05, 3.63) is 59.2 Å². The van der Waals surface area contributed by atoms with Gasteiger partial charge in [-0.05, 0) is 62.1 Å². The normalized spacial score (nSPS) is 11.7. The molecule has 1 atom stereocenters. The van der Waals surface area contributed by atoms with Crippen molar-refractivity contribution in [1.82, 2.24) is 16.0 Å². The number of halogens is 1. The van der Waals surface area contributed by atoms with Crippen LogP contribution in [0, 0.1) is 0 Å². The fraction of sp³-hybridized carbons (Fsp3) is 0.440. The van der Waals surface area contributed by atoms with Crippen molar-refractivity contribution in [2.75, 3.05) is 27.3 Å². The maximum Gasteiger partial charge on any atom is 0.251 e. The molecule has 0 radical (unpaired) electrons. The van der Waals surface area contributed by atoms with Crippen LogP contribution in [-0.2, 0) is 13.0 Å². The lowest BCUT2D eigenvalue weighted by Crippen LogP contribution is -2.38. The molecule has 3 N–H and O–H groups in total. The van der Waals surface area contributed by atoms with Crippen molar-refractivity contribution < 1.29 is 14.3 Å². The molecule has 0 heterocycles. The van der Waals surface area contributed by atoms with Crippen molar-refractivity contribution in [3.8, 4) is 11.5 Å². The number of rotatable bonds is 11. The maximum absolute atomic E-state index is 12.4. The summed E-state index contributed by atoms with van der Waals surface area (Å²) in [5, 5.41) is 9.63. The first-order valence-electron chi connectivity index (χ1n) is 11.1. The highest BCUT2D eigenvalue weighted by Crippen LogP contribution is 2.27. The van der Waals surface area contributed by atoms with Gasteiger partial charge in [0.1, 0.15) is 0 Å². The minimum atomic E-state index is -0.0508. The van der Waals surface area contributed by atoms with Crippen LogP contribution in [0.1, 0.15) is 48.7 Å². The summed E-state index contributed by atoms with van der Waals surface area (Å²) in [5.41, 5.74) is 2.79. The molecule has 7 nitrogen and oxygen atoms in total. The van der Waals surface area contributed by atoms with E-state index in [9.17, 15) is 4.79 Å². The van der Waals surface area contributed by atoms with Gasteiger partial charge in [0.25, 0.3) is 5.91 Å². The highest BCUT2D eigenvalue weighted by Gasteiger charge is 2.09. The Labute approximate surface area is 214 Å². The zero-order chi connectivity index (χ0) is 23.3. The quantitative estimate of drug-likeness (QED) is 0.216. The van der Waals surface area contributed by atoms with Crippen LogP contribution >= 0.6 is 24.0 Å². The molecule has 2 aromatic carbocycles. The molecule has 2 rings (SSSR count). The van der Waals surface area contributed by atoms with E-state index in [0.717, 1.165) is 54.5 Å². The number of hydrogen-bond acceptors (Lipinski definition) is 4. The lowest BCUT2D eigenvalue weighted by Gasteiger charge is -2.13. The second kappa shape index (κ2) is 15.4.